The quantitative estimate of drug-likeness (QED) is 0.782. The number of para-hydroxylation sites is 1. The van der Waals surface area contributed by atoms with Crippen LogP contribution in [0.1, 0.15) is 17.3 Å². The van der Waals surface area contributed by atoms with Gasteiger partial charge >= 0.3 is 0 Å². The summed E-state index contributed by atoms with van der Waals surface area (Å²) in [5, 5.41) is 14.4. The van der Waals surface area contributed by atoms with Gasteiger partial charge in [-0.2, -0.15) is 0 Å². The number of carbonyl (C=O) groups excluding carboxylic acids is 1. The van der Waals surface area contributed by atoms with Crippen molar-refractivity contribution in [2.24, 2.45) is 0 Å². The van der Waals surface area contributed by atoms with Crippen molar-refractivity contribution in [3.05, 3.63) is 65.6 Å². The zero-order valence-corrected chi connectivity index (χ0v) is 13.1. The van der Waals surface area contributed by atoms with Gasteiger partial charge in [0, 0.05) is 12.4 Å². The van der Waals surface area contributed by atoms with Crippen molar-refractivity contribution in [3.8, 4) is 0 Å². The third kappa shape index (κ3) is 3.14. The summed E-state index contributed by atoms with van der Waals surface area (Å²) in [4.78, 5) is 14.0. The molecule has 1 atom stereocenters. The summed E-state index contributed by atoms with van der Waals surface area (Å²) in [7, 11) is 1.58. The number of hydrogen-bond donors (Lipinski definition) is 1. The number of halogens is 1. The Balaban J connectivity index is 1.80. The van der Waals surface area contributed by atoms with Crippen molar-refractivity contribution in [2.45, 2.75) is 12.5 Å². The van der Waals surface area contributed by atoms with Crippen molar-refractivity contribution in [1.29, 1.82) is 0 Å². The second-order valence-corrected chi connectivity index (χ2v) is 5.56. The Hall–Kier alpha value is -2.73. The van der Waals surface area contributed by atoms with E-state index in [1.807, 2.05) is 18.2 Å². The number of aromatic nitrogens is 1. The first-order valence-electron chi connectivity index (χ1n) is 7.55. The Kier molecular flexibility index (Phi) is 4.57. The summed E-state index contributed by atoms with van der Waals surface area (Å²) >= 11 is 0. The van der Waals surface area contributed by atoms with Crippen molar-refractivity contribution < 1.29 is 18.8 Å². The molecule has 5 nitrogen and oxygen atoms in total. The van der Waals surface area contributed by atoms with Crippen LogP contribution in [-0.2, 0) is 11.2 Å². The van der Waals surface area contributed by atoms with Crippen LogP contribution in [0.15, 0.2) is 53.1 Å². The predicted molar refractivity (Wildman–Crippen MR) is 86.7 cm³/mol. The van der Waals surface area contributed by atoms with Crippen molar-refractivity contribution in [2.75, 3.05) is 13.7 Å². The van der Waals surface area contributed by atoms with Gasteiger partial charge in [0.05, 0.1) is 19.1 Å². The highest BCUT2D eigenvalue weighted by molar-refractivity contribution is 5.86. The number of amides is 1. The summed E-state index contributed by atoms with van der Waals surface area (Å²) in [6.07, 6.45) is 0.0410. The third-order valence-corrected chi connectivity index (χ3v) is 4.04. The van der Waals surface area contributed by atoms with Crippen LogP contribution in [0.5, 0.6) is 0 Å². The normalized spacial score (nSPS) is 12.3. The predicted octanol–water partition coefficient (Wildman–Crippen LogP) is 2.70. The van der Waals surface area contributed by atoms with Gasteiger partial charge in [-0.3, -0.25) is 4.79 Å². The van der Waals surface area contributed by atoms with Gasteiger partial charge in [-0.25, -0.2) is 4.39 Å². The minimum absolute atomic E-state index is 0.0410. The molecule has 0 aliphatic heterocycles. The van der Waals surface area contributed by atoms with Crippen molar-refractivity contribution in [3.63, 3.8) is 0 Å². The molecule has 0 saturated carbocycles. The zero-order valence-electron chi connectivity index (χ0n) is 13.1. The zero-order chi connectivity index (χ0) is 17.1. The molecule has 24 heavy (non-hydrogen) atoms. The highest BCUT2D eigenvalue weighted by atomic mass is 19.1. The summed E-state index contributed by atoms with van der Waals surface area (Å²) in [5.41, 5.74) is 1.70. The molecular formula is C18H17FN2O3. The second kappa shape index (κ2) is 6.80. The van der Waals surface area contributed by atoms with E-state index in [4.69, 9.17) is 4.52 Å². The molecule has 0 bridgehead atoms. The lowest BCUT2D eigenvalue weighted by molar-refractivity contribution is -0.132. The Morgan fingerprint density at radius 2 is 2.08 bits per heavy atom. The molecule has 0 aliphatic carbocycles. The molecule has 0 spiro atoms. The maximum atomic E-state index is 13.4. The lowest BCUT2D eigenvalue weighted by Gasteiger charge is -2.27. The second-order valence-electron chi connectivity index (χ2n) is 5.56. The number of aliphatic hydroxyl groups is 1. The largest absolute Gasteiger partial charge is 0.394 e. The van der Waals surface area contributed by atoms with E-state index in [0.717, 1.165) is 5.39 Å². The Morgan fingerprint density at radius 1 is 1.29 bits per heavy atom. The molecule has 1 amide bonds. The first-order valence-corrected chi connectivity index (χ1v) is 7.55. The molecule has 2 aromatic carbocycles. The van der Waals surface area contributed by atoms with E-state index in [0.29, 0.717) is 16.8 Å². The van der Waals surface area contributed by atoms with Gasteiger partial charge in [0.1, 0.15) is 11.5 Å². The molecule has 0 aliphatic rings. The van der Waals surface area contributed by atoms with Crippen LogP contribution < -0.4 is 0 Å². The van der Waals surface area contributed by atoms with Gasteiger partial charge < -0.3 is 14.5 Å². The van der Waals surface area contributed by atoms with E-state index in [2.05, 4.69) is 5.16 Å². The van der Waals surface area contributed by atoms with Crippen LogP contribution in [0.2, 0.25) is 0 Å². The third-order valence-electron chi connectivity index (χ3n) is 4.04. The van der Waals surface area contributed by atoms with E-state index in [1.54, 1.807) is 25.2 Å². The minimum atomic E-state index is -0.619. The lowest BCUT2D eigenvalue weighted by Crippen LogP contribution is -2.34. The van der Waals surface area contributed by atoms with E-state index in [9.17, 15) is 14.3 Å². The van der Waals surface area contributed by atoms with E-state index in [1.165, 1.54) is 17.0 Å². The molecule has 0 fully saturated rings. The van der Waals surface area contributed by atoms with Crippen LogP contribution in [-0.4, -0.2) is 34.7 Å². The molecule has 1 unspecified atom stereocenters. The summed E-state index contributed by atoms with van der Waals surface area (Å²) in [5.74, 6) is -0.647. The molecule has 1 heterocycles. The Labute approximate surface area is 138 Å². The molecule has 1 aromatic heterocycles. The maximum Gasteiger partial charge on any atom is 0.229 e. The standard InChI is InChI=1S/C18H17FN2O3/c1-21(16(11-22)12-5-4-6-13(19)9-12)18(23)10-15-14-7-2-3-8-17(14)24-20-15/h2-9,16,22H,10-11H2,1H3. The molecule has 6 heteroatoms. The number of hydrogen-bond acceptors (Lipinski definition) is 4. The smallest absolute Gasteiger partial charge is 0.229 e. The first-order chi connectivity index (χ1) is 11.6. The van der Waals surface area contributed by atoms with Gasteiger partial charge in [0.25, 0.3) is 0 Å². The fourth-order valence-corrected chi connectivity index (χ4v) is 2.67. The van der Waals surface area contributed by atoms with Gasteiger partial charge in [-0.1, -0.05) is 29.4 Å². The summed E-state index contributed by atoms with van der Waals surface area (Å²) in [6, 6.07) is 12.5. The molecule has 0 saturated heterocycles. The number of fused-ring (bicyclic) bond motifs is 1. The summed E-state index contributed by atoms with van der Waals surface area (Å²) < 4.78 is 18.6. The van der Waals surface area contributed by atoms with Crippen molar-refractivity contribution >= 4 is 16.9 Å². The minimum Gasteiger partial charge on any atom is -0.394 e. The summed E-state index contributed by atoms with van der Waals surface area (Å²) in [6.45, 7) is -0.300. The monoisotopic (exact) mass is 328 g/mol. The number of benzene rings is 2. The van der Waals surface area contributed by atoms with Gasteiger partial charge in [-0.05, 0) is 29.8 Å². The number of aliphatic hydroxyl groups excluding tert-OH is 1. The number of nitrogens with zero attached hydrogens (tertiary/aromatic N) is 2. The number of rotatable bonds is 5. The highest BCUT2D eigenvalue weighted by Crippen LogP contribution is 2.23. The fourth-order valence-electron chi connectivity index (χ4n) is 2.67. The van der Waals surface area contributed by atoms with E-state index >= 15 is 0 Å². The van der Waals surface area contributed by atoms with Gasteiger partial charge in [0.15, 0.2) is 5.58 Å². The topological polar surface area (TPSA) is 66.6 Å². The average Bonchev–Trinajstić information content (AvgIpc) is 2.99. The number of carbonyl (C=O) groups is 1. The first kappa shape index (κ1) is 16.1. The number of likely N-dealkylation sites (N-methyl/N-ethyl adjacent to an activating group) is 1. The molecule has 124 valence electrons. The Morgan fingerprint density at radius 3 is 2.83 bits per heavy atom. The highest BCUT2D eigenvalue weighted by Gasteiger charge is 2.23. The van der Waals surface area contributed by atoms with Gasteiger partial charge in [0.2, 0.25) is 5.91 Å². The van der Waals surface area contributed by atoms with Gasteiger partial charge in [-0.15, -0.1) is 0 Å². The van der Waals surface area contributed by atoms with E-state index < -0.39 is 11.9 Å². The van der Waals surface area contributed by atoms with Crippen LogP contribution >= 0.6 is 0 Å². The van der Waals surface area contributed by atoms with Crippen LogP contribution in [0.4, 0.5) is 4.39 Å². The van der Waals surface area contributed by atoms with Crippen LogP contribution in [0.25, 0.3) is 11.0 Å². The molecule has 0 radical (unpaired) electrons. The van der Waals surface area contributed by atoms with Crippen molar-refractivity contribution in [1.82, 2.24) is 10.1 Å². The Bertz CT molecular complexity index is 862. The lowest BCUT2D eigenvalue weighted by atomic mass is 10.1. The molecular weight excluding hydrogens is 311 g/mol. The van der Waals surface area contributed by atoms with Crippen LogP contribution in [0.3, 0.4) is 0 Å². The average molecular weight is 328 g/mol. The SMILES string of the molecule is CN(C(=O)Cc1noc2ccccc12)C(CO)c1cccc(F)c1. The van der Waals surface area contributed by atoms with Crippen LogP contribution in [0, 0.1) is 5.82 Å². The molecule has 3 aromatic rings. The maximum absolute atomic E-state index is 13.4. The fraction of sp³-hybridized carbons (Fsp3) is 0.222. The molecule has 1 N–H and O–H groups in total. The molecule has 3 rings (SSSR count). The van der Waals surface area contributed by atoms with E-state index in [-0.39, 0.29) is 18.9 Å².